The van der Waals surface area contributed by atoms with Crippen molar-refractivity contribution in [3.63, 3.8) is 0 Å². The van der Waals surface area contributed by atoms with Crippen LogP contribution in [0.25, 0.3) is 11.0 Å². The van der Waals surface area contributed by atoms with E-state index in [9.17, 15) is 5.11 Å². The van der Waals surface area contributed by atoms with Crippen molar-refractivity contribution in [2.45, 2.75) is 25.1 Å². The lowest BCUT2D eigenvalue weighted by atomic mass is 10.0. The van der Waals surface area contributed by atoms with Crippen molar-refractivity contribution in [1.82, 2.24) is 19.9 Å². The SMILES string of the molecule is COc1ccc2oc(CN3CCC(O)(Cn4ccnn4)C3)cc2c1. The van der Waals surface area contributed by atoms with Gasteiger partial charge in [-0.2, -0.15) is 0 Å². The van der Waals surface area contributed by atoms with E-state index in [4.69, 9.17) is 9.15 Å². The summed E-state index contributed by atoms with van der Waals surface area (Å²) in [6.45, 7) is 2.55. The molecule has 2 aromatic heterocycles. The lowest BCUT2D eigenvalue weighted by Crippen LogP contribution is -2.37. The maximum Gasteiger partial charge on any atom is 0.134 e. The van der Waals surface area contributed by atoms with Crippen LogP contribution in [0.15, 0.2) is 41.1 Å². The fraction of sp³-hybridized carbons (Fsp3) is 0.412. The second-order valence-electron chi connectivity index (χ2n) is 6.40. The first-order valence-electron chi connectivity index (χ1n) is 7.99. The Kier molecular flexibility index (Phi) is 3.74. The van der Waals surface area contributed by atoms with E-state index in [-0.39, 0.29) is 0 Å². The van der Waals surface area contributed by atoms with Crippen molar-refractivity contribution in [3.05, 3.63) is 42.4 Å². The van der Waals surface area contributed by atoms with Crippen LogP contribution in [0.1, 0.15) is 12.2 Å². The highest BCUT2D eigenvalue weighted by molar-refractivity contribution is 5.79. The van der Waals surface area contributed by atoms with Gasteiger partial charge in [0.25, 0.3) is 0 Å². The van der Waals surface area contributed by atoms with Gasteiger partial charge in [0, 0.05) is 24.7 Å². The maximum atomic E-state index is 10.7. The highest BCUT2D eigenvalue weighted by atomic mass is 16.5. The van der Waals surface area contributed by atoms with Crippen molar-refractivity contribution in [3.8, 4) is 5.75 Å². The summed E-state index contributed by atoms with van der Waals surface area (Å²) in [5, 5.41) is 19.5. The van der Waals surface area contributed by atoms with Gasteiger partial charge in [0.1, 0.15) is 17.1 Å². The molecular weight excluding hydrogens is 308 g/mol. The number of nitrogens with zero attached hydrogens (tertiary/aromatic N) is 4. The standard InChI is InChI=1S/C17H20N4O3/c1-23-14-2-3-16-13(8-14)9-15(24-16)10-20-6-4-17(22,11-20)12-21-7-5-18-19-21/h2-3,5,7-9,22H,4,6,10-12H2,1H3. The molecule has 0 bridgehead atoms. The molecule has 3 heterocycles. The van der Waals surface area contributed by atoms with E-state index >= 15 is 0 Å². The quantitative estimate of drug-likeness (QED) is 0.768. The lowest BCUT2D eigenvalue weighted by Gasteiger charge is -2.22. The Morgan fingerprint density at radius 3 is 3.08 bits per heavy atom. The van der Waals surface area contributed by atoms with Crippen LogP contribution in [0.3, 0.4) is 0 Å². The van der Waals surface area contributed by atoms with Crippen LogP contribution in [0.2, 0.25) is 0 Å². The van der Waals surface area contributed by atoms with E-state index in [0.29, 0.717) is 26.1 Å². The van der Waals surface area contributed by atoms with E-state index in [1.165, 1.54) is 0 Å². The number of rotatable bonds is 5. The molecule has 1 aliphatic rings. The second kappa shape index (κ2) is 5.92. The summed E-state index contributed by atoms with van der Waals surface area (Å²) in [4.78, 5) is 2.20. The second-order valence-corrected chi connectivity index (χ2v) is 6.40. The number of β-amino-alcohol motifs (C(OH)–C–C–N with tert-alkyl or cyclic N) is 1. The Bertz CT molecular complexity index is 830. The number of methoxy groups -OCH3 is 1. The highest BCUT2D eigenvalue weighted by Crippen LogP contribution is 2.28. The first kappa shape index (κ1) is 15.2. The minimum Gasteiger partial charge on any atom is -0.497 e. The van der Waals surface area contributed by atoms with Gasteiger partial charge in [-0.1, -0.05) is 5.21 Å². The van der Waals surface area contributed by atoms with Crippen LogP contribution >= 0.6 is 0 Å². The lowest BCUT2D eigenvalue weighted by molar-refractivity contribution is 0.0269. The largest absolute Gasteiger partial charge is 0.497 e. The molecule has 24 heavy (non-hydrogen) atoms. The maximum absolute atomic E-state index is 10.7. The molecule has 1 unspecified atom stereocenters. The number of aliphatic hydroxyl groups is 1. The van der Waals surface area contributed by atoms with Crippen molar-refractivity contribution >= 4 is 11.0 Å². The number of aromatic nitrogens is 3. The van der Waals surface area contributed by atoms with E-state index in [0.717, 1.165) is 29.0 Å². The molecule has 126 valence electrons. The van der Waals surface area contributed by atoms with Crippen LogP contribution < -0.4 is 4.74 Å². The number of ether oxygens (including phenoxy) is 1. The van der Waals surface area contributed by atoms with Gasteiger partial charge in [-0.3, -0.25) is 4.90 Å². The van der Waals surface area contributed by atoms with Crippen molar-refractivity contribution in [2.75, 3.05) is 20.2 Å². The molecule has 7 heteroatoms. The van der Waals surface area contributed by atoms with Crippen molar-refractivity contribution < 1.29 is 14.3 Å². The Hall–Kier alpha value is -2.38. The van der Waals surface area contributed by atoms with Crippen LogP contribution in [-0.2, 0) is 13.1 Å². The predicted octanol–water partition coefficient (Wildman–Crippen LogP) is 1.67. The monoisotopic (exact) mass is 328 g/mol. The summed E-state index contributed by atoms with van der Waals surface area (Å²) >= 11 is 0. The van der Waals surface area contributed by atoms with Gasteiger partial charge in [-0.15, -0.1) is 5.10 Å². The Balaban J connectivity index is 1.44. The molecule has 1 aromatic carbocycles. The van der Waals surface area contributed by atoms with Crippen molar-refractivity contribution in [1.29, 1.82) is 0 Å². The van der Waals surface area contributed by atoms with Gasteiger partial charge in [-0.05, 0) is 30.7 Å². The van der Waals surface area contributed by atoms with E-state index in [2.05, 4.69) is 15.2 Å². The number of benzene rings is 1. The number of hydrogen-bond acceptors (Lipinski definition) is 6. The molecule has 0 radical (unpaired) electrons. The fourth-order valence-corrected chi connectivity index (χ4v) is 3.32. The predicted molar refractivity (Wildman–Crippen MR) is 87.6 cm³/mol. The Morgan fingerprint density at radius 1 is 1.38 bits per heavy atom. The summed E-state index contributed by atoms with van der Waals surface area (Å²) in [5.74, 6) is 1.71. The van der Waals surface area contributed by atoms with Crippen LogP contribution in [0.4, 0.5) is 0 Å². The third-order valence-corrected chi connectivity index (χ3v) is 4.49. The Labute approximate surface area is 139 Å². The van der Waals surface area contributed by atoms with E-state index in [1.54, 1.807) is 24.2 Å². The summed E-state index contributed by atoms with van der Waals surface area (Å²) < 4.78 is 12.8. The molecule has 1 N–H and O–H groups in total. The zero-order chi connectivity index (χ0) is 16.6. The third kappa shape index (κ3) is 3.00. The van der Waals surface area contributed by atoms with Gasteiger partial charge in [0.2, 0.25) is 0 Å². The molecule has 0 amide bonds. The van der Waals surface area contributed by atoms with Crippen LogP contribution in [-0.4, -0.2) is 50.8 Å². The third-order valence-electron chi connectivity index (χ3n) is 4.49. The summed E-state index contributed by atoms with van der Waals surface area (Å²) in [6, 6.07) is 7.81. The molecule has 1 aliphatic heterocycles. The zero-order valence-electron chi connectivity index (χ0n) is 13.6. The first-order chi connectivity index (χ1) is 11.6. The number of fused-ring (bicyclic) bond motifs is 1. The number of furan rings is 1. The highest BCUT2D eigenvalue weighted by Gasteiger charge is 2.37. The van der Waals surface area contributed by atoms with Crippen LogP contribution in [0, 0.1) is 0 Å². The minimum atomic E-state index is -0.775. The van der Waals surface area contributed by atoms with Crippen molar-refractivity contribution in [2.24, 2.45) is 0 Å². The van der Waals surface area contributed by atoms with E-state index < -0.39 is 5.60 Å². The zero-order valence-corrected chi connectivity index (χ0v) is 13.6. The molecular formula is C17H20N4O3. The molecule has 4 rings (SSSR count). The minimum absolute atomic E-state index is 0.459. The van der Waals surface area contributed by atoms with Crippen LogP contribution in [0.5, 0.6) is 5.75 Å². The summed E-state index contributed by atoms with van der Waals surface area (Å²) in [5.41, 5.74) is 0.0750. The normalized spacial score (nSPS) is 21.6. The molecule has 3 aromatic rings. The fourth-order valence-electron chi connectivity index (χ4n) is 3.32. The van der Waals surface area contributed by atoms with Gasteiger partial charge in [-0.25, -0.2) is 4.68 Å². The molecule has 0 saturated carbocycles. The molecule has 1 saturated heterocycles. The summed E-state index contributed by atoms with van der Waals surface area (Å²) in [6.07, 6.45) is 4.10. The van der Waals surface area contributed by atoms with Gasteiger partial charge in [0.05, 0.1) is 32.0 Å². The Morgan fingerprint density at radius 2 is 2.29 bits per heavy atom. The number of hydrogen-bond donors (Lipinski definition) is 1. The first-order valence-corrected chi connectivity index (χ1v) is 7.99. The average Bonchev–Trinajstić information content (AvgIpc) is 3.27. The average molecular weight is 328 g/mol. The number of likely N-dealkylation sites (tertiary alicyclic amines) is 1. The molecule has 0 spiro atoms. The molecule has 0 aliphatic carbocycles. The van der Waals surface area contributed by atoms with E-state index in [1.807, 2.05) is 24.3 Å². The smallest absolute Gasteiger partial charge is 0.134 e. The molecule has 7 nitrogen and oxygen atoms in total. The molecule has 1 fully saturated rings. The summed E-state index contributed by atoms with van der Waals surface area (Å²) in [7, 11) is 1.66. The van der Waals surface area contributed by atoms with Gasteiger partial charge < -0.3 is 14.3 Å². The topological polar surface area (TPSA) is 76.6 Å². The van der Waals surface area contributed by atoms with Gasteiger partial charge in [0.15, 0.2) is 0 Å². The molecule has 1 atom stereocenters. The van der Waals surface area contributed by atoms with Gasteiger partial charge >= 0.3 is 0 Å².